The van der Waals surface area contributed by atoms with Crippen LogP contribution in [0.15, 0.2) is 42.7 Å². The molecular weight excluding hydrogens is 297 g/mol. The zero-order valence-corrected chi connectivity index (χ0v) is 12.8. The molecule has 1 atom stereocenters. The Morgan fingerprint density at radius 1 is 1.26 bits per heavy atom. The molecule has 0 spiro atoms. The molecular formula is C17H18FN3O2. The van der Waals surface area contributed by atoms with Gasteiger partial charge in [-0.05, 0) is 43.2 Å². The van der Waals surface area contributed by atoms with E-state index in [0.717, 1.165) is 6.42 Å². The number of aromatic nitrogens is 1. The van der Waals surface area contributed by atoms with E-state index in [2.05, 4.69) is 5.32 Å². The quantitative estimate of drug-likeness (QED) is 0.946. The summed E-state index contributed by atoms with van der Waals surface area (Å²) in [5.74, 6) is -0.706. The highest BCUT2D eigenvalue weighted by Gasteiger charge is 2.32. The second-order valence-corrected chi connectivity index (χ2v) is 5.62. The first kappa shape index (κ1) is 15.3. The summed E-state index contributed by atoms with van der Waals surface area (Å²) in [7, 11) is 0. The van der Waals surface area contributed by atoms with E-state index in [4.69, 9.17) is 0 Å². The Morgan fingerprint density at radius 3 is 2.70 bits per heavy atom. The van der Waals surface area contributed by atoms with Crippen molar-refractivity contribution in [3.8, 4) is 5.69 Å². The Labute approximate surface area is 133 Å². The van der Waals surface area contributed by atoms with E-state index < -0.39 is 6.04 Å². The van der Waals surface area contributed by atoms with Crippen molar-refractivity contribution in [1.82, 2.24) is 9.47 Å². The van der Waals surface area contributed by atoms with Crippen LogP contribution in [0.1, 0.15) is 19.8 Å². The van der Waals surface area contributed by atoms with Crippen molar-refractivity contribution >= 4 is 17.5 Å². The first-order valence-electron chi connectivity index (χ1n) is 7.57. The monoisotopic (exact) mass is 315 g/mol. The number of halogens is 1. The Hall–Kier alpha value is -2.63. The van der Waals surface area contributed by atoms with Gasteiger partial charge in [0.15, 0.2) is 0 Å². The largest absolute Gasteiger partial charge is 0.331 e. The number of nitrogens with one attached hydrogen (secondary N) is 1. The molecule has 1 aromatic carbocycles. The minimum Gasteiger partial charge on any atom is -0.331 e. The molecule has 1 aliphatic heterocycles. The summed E-state index contributed by atoms with van der Waals surface area (Å²) < 4.78 is 15.6. The molecule has 1 aromatic heterocycles. The summed E-state index contributed by atoms with van der Waals surface area (Å²) in [5.41, 5.74) is 0.873. The van der Waals surface area contributed by atoms with Crippen LogP contribution in [0.2, 0.25) is 0 Å². The molecule has 2 heterocycles. The smallest absolute Gasteiger partial charge is 0.247 e. The summed E-state index contributed by atoms with van der Waals surface area (Å²) in [6.45, 7) is 2.07. The van der Waals surface area contributed by atoms with Crippen LogP contribution in [0.4, 0.5) is 10.1 Å². The number of anilines is 1. The number of amides is 2. The van der Waals surface area contributed by atoms with E-state index in [1.165, 1.54) is 19.1 Å². The molecule has 0 unspecified atom stereocenters. The van der Waals surface area contributed by atoms with Crippen LogP contribution >= 0.6 is 0 Å². The summed E-state index contributed by atoms with van der Waals surface area (Å²) >= 11 is 0. The average Bonchev–Trinajstić information content (AvgIpc) is 3.20. The van der Waals surface area contributed by atoms with Crippen LogP contribution in [0.25, 0.3) is 5.69 Å². The molecule has 120 valence electrons. The molecule has 0 aliphatic carbocycles. The second kappa shape index (κ2) is 6.24. The van der Waals surface area contributed by atoms with Crippen LogP contribution < -0.4 is 5.32 Å². The molecule has 2 amide bonds. The minimum atomic E-state index is -0.451. The lowest BCUT2D eigenvalue weighted by Crippen LogP contribution is -2.42. The molecule has 6 heteroatoms. The van der Waals surface area contributed by atoms with Gasteiger partial charge in [-0.3, -0.25) is 9.59 Å². The third-order valence-corrected chi connectivity index (χ3v) is 4.06. The number of benzene rings is 1. The standard InChI is InChI=1S/C17H18FN3O2/c1-12(22)21-10-4-5-15(21)17(23)19-13-6-7-14(18)16(11-13)20-8-2-3-9-20/h2-3,6-9,11,15H,4-5,10H2,1H3,(H,19,23)/t15-/m0/s1. The molecule has 2 aromatic rings. The highest BCUT2D eigenvalue weighted by Crippen LogP contribution is 2.22. The van der Waals surface area contributed by atoms with Crippen LogP contribution in [0, 0.1) is 5.82 Å². The molecule has 1 saturated heterocycles. The number of likely N-dealkylation sites (tertiary alicyclic amines) is 1. The highest BCUT2D eigenvalue weighted by atomic mass is 19.1. The molecule has 5 nitrogen and oxygen atoms in total. The third kappa shape index (κ3) is 3.11. The van der Waals surface area contributed by atoms with Crippen molar-refractivity contribution in [2.45, 2.75) is 25.8 Å². The van der Waals surface area contributed by atoms with Crippen LogP contribution in [0.3, 0.4) is 0 Å². The van der Waals surface area contributed by atoms with Crippen LogP contribution in [-0.4, -0.2) is 33.9 Å². The van der Waals surface area contributed by atoms with Gasteiger partial charge in [0, 0.05) is 31.5 Å². The fourth-order valence-electron chi connectivity index (χ4n) is 2.93. The fraction of sp³-hybridized carbons (Fsp3) is 0.294. The predicted molar refractivity (Wildman–Crippen MR) is 84.8 cm³/mol. The Kier molecular flexibility index (Phi) is 4.14. The minimum absolute atomic E-state index is 0.102. The van der Waals surface area contributed by atoms with Gasteiger partial charge in [-0.15, -0.1) is 0 Å². The zero-order valence-electron chi connectivity index (χ0n) is 12.8. The number of rotatable bonds is 3. The van der Waals surface area contributed by atoms with Crippen molar-refractivity contribution in [2.75, 3.05) is 11.9 Å². The van der Waals surface area contributed by atoms with E-state index in [1.807, 2.05) is 0 Å². The normalized spacial score (nSPS) is 17.3. The molecule has 1 N–H and O–H groups in total. The van der Waals surface area contributed by atoms with Crippen LogP contribution in [0.5, 0.6) is 0 Å². The first-order valence-corrected chi connectivity index (χ1v) is 7.57. The lowest BCUT2D eigenvalue weighted by molar-refractivity contribution is -0.134. The summed E-state index contributed by atoms with van der Waals surface area (Å²) in [6, 6.07) is 7.57. The molecule has 1 fully saturated rings. The molecule has 3 rings (SSSR count). The van der Waals surface area contributed by atoms with E-state index in [-0.39, 0.29) is 17.6 Å². The first-order chi connectivity index (χ1) is 11.1. The lowest BCUT2D eigenvalue weighted by atomic mass is 10.2. The maximum atomic E-state index is 14.0. The van der Waals surface area contributed by atoms with E-state index in [1.54, 1.807) is 40.1 Å². The zero-order chi connectivity index (χ0) is 16.4. The Morgan fingerprint density at radius 2 is 2.00 bits per heavy atom. The van der Waals surface area contributed by atoms with Gasteiger partial charge in [0.2, 0.25) is 11.8 Å². The molecule has 0 bridgehead atoms. The van der Waals surface area contributed by atoms with Gasteiger partial charge in [0.25, 0.3) is 0 Å². The van der Waals surface area contributed by atoms with Crippen molar-refractivity contribution in [1.29, 1.82) is 0 Å². The fourth-order valence-corrected chi connectivity index (χ4v) is 2.93. The molecule has 1 aliphatic rings. The highest BCUT2D eigenvalue weighted by molar-refractivity contribution is 5.97. The van der Waals surface area contributed by atoms with Gasteiger partial charge < -0.3 is 14.8 Å². The number of hydrogen-bond donors (Lipinski definition) is 1. The maximum Gasteiger partial charge on any atom is 0.247 e. The van der Waals surface area contributed by atoms with Crippen molar-refractivity contribution in [2.24, 2.45) is 0 Å². The number of carbonyl (C=O) groups excluding carboxylic acids is 2. The third-order valence-electron chi connectivity index (χ3n) is 4.06. The number of hydrogen-bond acceptors (Lipinski definition) is 2. The molecule has 23 heavy (non-hydrogen) atoms. The summed E-state index contributed by atoms with van der Waals surface area (Å²) in [5, 5.41) is 2.79. The number of carbonyl (C=O) groups is 2. The van der Waals surface area contributed by atoms with Crippen LogP contribution in [-0.2, 0) is 9.59 Å². The second-order valence-electron chi connectivity index (χ2n) is 5.62. The van der Waals surface area contributed by atoms with Gasteiger partial charge in [-0.1, -0.05) is 0 Å². The van der Waals surface area contributed by atoms with Crippen molar-refractivity contribution in [3.05, 3.63) is 48.5 Å². The topological polar surface area (TPSA) is 54.3 Å². The molecule has 0 radical (unpaired) electrons. The average molecular weight is 315 g/mol. The Balaban J connectivity index is 1.79. The van der Waals surface area contributed by atoms with Gasteiger partial charge in [-0.2, -0.15) is 0 Å². The van der Waals surface area contributed by atoms with E-state index in [0.29, 0.717) is 24.3 Å². The Bertz CT molecular complexity index is 727. The lowest BCUT2D eigenvalue weighted by Gasteiger charge is -2.22. The molecule has 0 saturated carbocycles. The van der Waals surface area contributed by atoms with E-state index in [9.17, 15) is 14.0 Å². The van der Waals surface area contributed by atoms with Gasteiger partial charge >= 0.3 is 0 Å². The maximum absolute atomic E-state index is 14.0. The van der Waals surface area contributed by atoms with E-state index >= 15 is 0 Å². The van der Waals surface area contributed by atoms with Crippen molar-refractivity contribution in [3.63, 3.8) is 0 Å². The summed E-state index contributed by atoms with van der Waals surface area (Å²) in [6.07, 6.45) is 4.93. The van der Waals surface area contributed by atoms with Gasteiger partial charge in [0.05, 0.1) is 5.69 Å². The SMILES string of the molecule is CC(=O)N1CCC[C@H]1C(=O)Nc1ccc(F)c(-n2cccc2)c1. The predicted octanol–water partition coefficient (Wildman–Crippen LogP) is 2.57. The van der Waals surface area contributed by atoms with Crippen molar-refractivity contribution < 1.29 is 14.0 Å². The van der Waals surface area contributed by atoms with Gasteiger partial charge in [-0.25, -0.2) is 4.39 Å². The number of nitrogens with zero attached hydrogens (tertiary/aromatic N) is 2. The van der Waals surface area contributed by atoms with Gasteiger partial charge in [0.1, 0.15) is 11.9 Å². The summed E-state index contributed by atoms with van der Waals surface area (Å²) in [4.78, 5) is 25.5.